The fraction of sp³-hybridized carbons (Fsp3) is 0.0526. The lowest BCUT2D eigenvalue weighted by molar-refractivity contribution is 0.0952. The van der Waals surface area contributed by atoms with Gasteiger partial charge in [0.2, 0.25) is 0 Å². The van der Waals surface area contributed by atoms with Crippen molar-refractivity contribution >= 4 is 12.1 Å². The van der Waals surface area contributed by atoms with Crippen molar-refractivity contribution in [2.75, 3.05) is 7.11 Å². The number of carbonyl (C=O) groups excluding carboxylic acids is 1. The summed E-state index contributed by atoms with van der Waals surface area (Å²) in [4.78, 5) is 12.1. The number of amides is 1. The molecule has 3 N–H and O–H groups in total. The molecule has 2 aromatic carbocycles. The Labute approximate surface area is 149 Å². The molecule has 0 bridgehead atoms. The Bertz CT molecular complexity index is 949. The molecular weight excluding hydrogens is 336 g/mol. The summed E-state index contributed by atoms with van der Waals surface area (Å²) in [6.45, 7) is 0. The number of phenols is 2. The van der Waals surface area contributed by atoms with E-state index in [0.717, 1.165) is 5.56 Å². The lowest BCUT2D eigenvalue weighted by Gasteiger charge is -2.10. The zero-order valence-electron chi connectivity index (χ0n) is 13.8. The first-order valence-electron chi connectivity index (χ1n) is 7.65. The maximum atomic E-state index is 12.1. The molecule has 0 spiro atoms. The van der Waals surface area contributed by atoms with Gasteiger partial charge in [0, 0.05) is 11.1 Å². The van der Waals surface area contributed by atoms with Crippen molar-refractivity contribution in [3.63, 3.8) is 0 Å². The van der Waals surface area contributed by atoms with Crippen LogP contribution in [0.5, 0.6) is 17.2 Å². The number of para-hydroxylation sites is 1. The molecule has 3 rings (SSSR count). The molecule has 0 radical (unpaired) electrons. The summed E-state index contributed by atoms with van der Waals surface area (Å²) in [6.07, 6.45) is 4.34. The maximum Gasteiger partial charge on any atom is 0.275 e. The maximum absolute atomic E-state index is 12.1. The van der Waals surface area contributed by atoms with Crippen LogP contribution in [-0.4, -0.2) is 29.4 Å². The van der Waals surface area contributed by atoms with E-state index in [9.17, 15) is 15.0 Å². The molecule has 26 heavy (non-hydrogen) atoms. The lowest BCUT2D eigenvalue weighted by atomic mass is 10.0. The van der Waals surface area contributed by atoms with Gasteiger partial charge in [-0.3, -0.25) is 4.79 Å². The number of phenolic OH excluding ortho intramolecular Hbond substituents is 2. The van der Waals surface area contributed by atoms with Crippen LogP contribution in [0.2, 0.25) is 0 Å². The van der Waals surface area contributed by atoms with E-state index in [4.69, 9.17) is 9.15 Å². The third-order valence-corrected chi connectivity index (χ3v) is 3.74. The molecule has 0 fully saturated rings. The summed E-state index contributed by atoms with van der Waals surface area (Å²) in [6, 6.07) is 11.2. The fourth-order valence-electron chi connectivity index (χ4n) is 2.43. The van der Waals surface area contributed by atoms with Gasteiger partial charge in [-0.05, 0) is 35.9 Å². The first-order chi connectivity index (χ1) is 12.6. The Morgan fingerprint density at radius 3 is 2.69 bits per heavy atom. The molecule has 0 saturated carbocycles. The zero-order chi connectivity index (χ0) is 18.5. The van der Waals surface area contributed by atoms with E-state index in [-0.39, 0.29) is 22.8 Å². The number of hydrogen-bond donors (Lipinski definition) is 3. The molecule has 7 heteroatoms. The molecular formula is C19H16N2O5. The van der Waals surface area contributed by atoms with Crippen LogP contribution in [0.3, 0.4) is 0 Å². The van der Waals surface area contributed by atoms with Crippen LogP contribution in [0.15, 0.2) is 64.5 Å². The summed E-state index contributed by atoms with van der Waals surface area (Å²) in [5.74, 6) is -0.576. The van der Waals surface area contributed by atoms with Gasteiger partial charge in [-0.25, -0.2) is 5.43 Å². The number of nitrogens with zero attached hydrogens (tertiary/aromatic N) is 1. The monoisotopic (exact) mass is 352 g/mol. The summed E-state index contributed by atoms with van der Waals surface area (Å²) in [7, 11) is 1.44. The molecule has 0 unspecified atom stereocenters. The third-order valence-electron chi connectivity index (χ3n) is 3.74. The minimum absolute atomic E-state index is 0.0922. The van der Waals surface area contributed by atoms with Gasteiger partial charge in [-0.15, -0.1) is 0 Å². The van der Waals surface area contributed by atoms with Crippen LogP contribution in [0.4, 0.5) is 0 Å². The third kappa shape index (κ3) is 3.36. The van der Waals surface area contributed by atoms with E-state index < -0.39 is 5.91 Å². The molecule has 0 aliphatic carbocycles. The predicted octanol–water partition coefficient (Wildman–Crippen LogP) is 3.13. The van der Waals surface area contributed by atoms with Crippen LogP contribution in [0.25, 0.3) is 11.1 Å². The Hall–Kier alpha value is -3.74. The van der Waals surface area contributed by atoms with Gasteiger partial charge in [0.05, 0.1) is 31.4 Å². The van der Waals surface area contributed by atoms with Gasteiger partial charge in [-0.2, -0.15) is 5.10 Å². The second-order valence-corrected chi connectivity index (χ2v) is 5.31. The van der Waals surface area contributed by atoms with E-state index in [2.05, 4.69) is 10.5 Å². The van der Waals surface area contributed by atoms with Crippen LogP contribution < -0.4 is 10.2 Å². The highest BCUT2D eigenvalue weighted by Gasteiger charge is 2.14. The lowest BCUT2D eigenvalue weighted by Crippen LogP contribution is -2.17. The molecule has 0 saturated heterocycles. The normalized spacial score (nSPS) is 10.8. The number of rotatable bonds is 5. The van der Waals surface area contributed by atoms with Gasteiger partial charge in [0.25, 0.3) is 5.91 Å². The summed E-state index contributed by atoms with van der Waals surface area (Å²) in [5.41, 5.74) is 4.15. The average Bonchev–Trinajstić information content (AvgIpc) is 3.17. The Morgan fingerprint density at radius 1 is 1.19 bits per heavy atom. The first kappa shape index (κ1) is 17.1. The second-order valence-electron chi connectivity index (χ2n) is 5.31. The number of ether oxygens (including phenoxy) is 1. The number of benzene rings is 2. The van der Waals surface area contributed by atoms with Crippen molar-refractivity contribution in [2.45, 2.75) is 0 Å². The highest BCUT2D eigenvalue weighted by Crippen LogP contribution is 2.36. The smallest absolute Gasteiger partial charge is 0.275 e. The quantitative estimate of drug-likeness (QED) is 0.483. The summed E-state index contributed by atoms with van der Waals surface area (Å²) < 4.78 is 10.2. The molecule has 0 aliphatic heterocycles. The Kier molecular flexibility index (Phi) is 4.89. The van der Waals surface area contributed by atoms with Gasteiger partial charge in [-0.1, -0.05) is 12.1 Å². The van der Waals surface area contributed by atoms with Crippen molar-refractivity contribution in [3.05, 3.63) is 66.1 Å². The average molecular weight is 352 g/mol. The van der Waals surface area contributed by atoms with E-state index in [1.165, 1.54) is 38.0 Å². The number of hydrazone groups is 1. The second kappa shape index (κ2) is 7.43. The van der Waals surface area contributed by atoms with E-state index in [0.29, 0.717) is 11.1 Å². The first-order valence-corrected chi connectivity index (χ1v) is 7.65. The largest absolute Gasteiger partial charge is 0.507 e. The Balaban J connectivity index is 1.90. The Morgan fingerprint density at radius 2 is 2.00 bits per heavy atom. The fourth-order valence-corrected chi connectivity index (χ4v) is 2.43. The van der Waals surface area contributed by atoms with Crippen molar-refractivity contribution in [1.29, 1.82) is 0 Å². The van der Waals surface area contributed by atoms with Gasteiger partial charge in [0.15, 0.2) is 11.5 Å². The standard InChI is InChI=1S/C19H16N2O5/c1-25-17-7-6-13(12-8-9-26-11-12)15(18(17)23)10-20-21-19(24)14-4-2-3-5-16(14)22/h2-11,22-23H,1H3,(H,21,24)/b20-10+. The van der Waals surface area contributed by atoms with Gasteiger partial charge < -0.3 is 19.4 Å². The van der Waals surface area contributed by atoms with Crippen LogP contribution in [-0.2, 0) is 0 Å². The van der Waals surface area contributed by atoms with E-state index in [1.807, 2.05) is 0 Å². The number of methoxy groups -OCH3 is 1. The number of aromatic hydroxyl groups is 2. The van der Waals surface area contributed by atoms with Gasteiger partial charge >= 0.3 is 0 Å². The minimum Gasteiger partial charge on any atom is -0.507 e. The molecule has 0 aliphatic rings. The number of furan rings is 1. The summed E-state index contributed by atoms with van der Waals surface area (Å²) in [5, 5.41) is 24.0. The van der Waals surface area contributed by atoms with Gasteiger partial charge in [0.1, 0.15) is 5.75 Å². The number of carbonyl (C=O) groups is 1. The van der Waals surface area contributed by atoms with Crippen molar-refractivity contribution < 1.29 is 24.2 Å². The zero-order valence-corrected chi connectivity index (χ0v) is 13.8. The highest BCUT2D eigenvalue weighted by atomic mass is 16.5. The number of hydrogen-bond acceptors (Lipinski definition) is 6. The van der Waals surface area contributed by atoms with Crippen LogP contribution >= 0.6 is 0 Å². The van der Waals surface area contributed by atoms with Crippen LogP contribution in [0, 0.1) is 0 Å². The SMILES string of the molecule is COc1ccc(-c2ccoc2)c(/C=N/NC(=O)c2ccccc2O)c1O. The summed E-state index contributed by atoms with van der Waals surface area (Å²) >= 11 is 0. The van der Waals surface area contributed by atoms with Crippen molar-refractivity contribution in [3.8, 4) is 28.4 Å². The van der Waals surface area contributed by atoms with Crippen molar-refractivity contribution in [1.82, 2.24) is 5.43 Å². The van der Waals surface area contributed by atoms with Crippen molar-refractivity contribution in [2.24, 2.45) is 5.10 Å². The molecule has 0 atom stereocenters. The van der Waals surface area contributed by atoms with E-state index in [1.54, 1.807) is 30.3 Å². The number of nitrogens with one attached hydrogen (secondary N) is 1. The molecule has 1 amide bonds. The van der Waals surface area contributed by atoms with Crippen LogP contribution in [0.1, 0.15) is 15.9 Å². The minimum atomic E-state index is -0.577. The predicted molar refractivity (Wildman–Crippen MR) is 95.5 cm³/mol. The highest BCUT2D eigenvalue weighted by molar-refractivity contribution is 5.99. The molecule has 132 valence electrons. The molecule has 1 aromatic heterocycles. The molecule has 1 heterocycles. The molecule has 7 nitrogen and oxygen atoms in total. The molecule has 3 aromatic rings. The van der Waals surface area contributed by atoms with E-state index >= 15 is 0 Å². The topological polar surface area (TPSA) is 104 Å².